The average Bonchev–Trinajstić information content (AvgIpc) is 3.51. The zero-order valence-electron chi connectivity index (χ0n) is 17.0. The van der Waals surface area contributed by atoms with Crippen LogP contribution in [0.5, 0.6) is 17.2 Å². The van der Waals surface area contributed by atoms with Gasteiger partial charge in [0.05, 0.1) is 16.4 Å². The fourth-order valence-corrected chi connectivity index (χ4v) is 4.46. The Morgan fingerprint density at radius 1 is 1.15 bits per heavy atom. The van der Waals surface area contributed by atoms with E-state index in [0.29, 0.717) is 33.4 Å². The molecule has 0 unspecified atom stereocenters. The van der Waals surface area contributed by atoms with Gasteiger partial charge < -0.3 is 19.0 Å². The van der Waals surface area contributed by atoms with Gasteiger partial charge in [-0.1, -0.05) is 11.6 Å². The fraction of sp³-hybridized carbons (Fsp3) is 0.0909. The van der Waals surface area contributed by atoms with Crippen LogP contribution in [0.1, 0.15) is 11.3 Å². The van der Waals surface area contributed by atoms with E-state index in [0.717, 1.165) is 16.7 Å². The summed E-state index contributed by atoms with van der Waals surface area (Å²) in [5, 5.41) is 20.5. The molecular weight excluding hydrogens is 488 g/mol. The first kappa shape index (κ1) is 21.9. The lowest BCUT2D eigenvalue weighted by atomic mass is 10.1. The molecule has 0 atom stereocenters. The number of aromatic hydroxyl groups is 1. The van der Waals surface area contributed by atoms with E-state index in [2.05, 4.69) is 0 Å². The van der Waals surface area contributed by atoms with Gasteiger partial charge in [-0.25, -0.2) is 0 Å². The number of nitro groups is 1. The van der Waals surface area contributed by atoms with Crippen LogP contribution >= 0.6 is 23.4 Å². The van der Waals surface area contributed by atoms with Crippen molar-refractivity contribution >= 4 is 46.3 Å². The summed E-state index contributed by atoms with van der Waals surface area (Å²) in [5.41, 5.74) is 0.442. The van der Waals surface area contributed by atoms with Gasteiger partial charge in [0.15, 0.2) is 17.2 Å². The third kappa shape index (κ3) is 3.95. The molecule has 5 rings (SSSR count). The molecule has 1 saturated heterocycles. The molecule has 0 spiro atoms. The summed E-state index contributed by atoms with van der Waals surface area (Å²) in [5.74, 6) is 0.576. The summed E-state index contributed by atoms with van der Waals surface area (Å²) in [6, 6.07) is 10.2. The standard InChI is InChI=1S/C22H13ClN2O8S/c23-14-8-19-18(31-10-32-19)6-12(14)9-24-21(27)20(34-22(24)28)7-13-2-4-17(33-13)11-1-3-16(26)15(5-11)25(29)30/h1-8,26H,9-10H2. The Morgan fingerprint density at radius 2 is 1.91 bits per heavy atom. The van der Waals surface area contributed by atoms with Gasteiger partial charge in [-0.3, -0.25) is 24.6 Å². The second-order valence-electron chi connectivity index (χ2n) is 7.23. The van der Waals surface area contributed by atoms with Gasteiger partial charge in [-0.15, -0.1) is 0 Å². The number of halogens is 1. The molecule has 0 radical (unpaired) electrons. The van der Waals surface area contributed by atoms with Crippen molar-refractivity contribution in [2.45, 2.75) is 6.54 Å². The molecule has 12 heteroatoms. The minimum atomic E-state index is -0.703. The highest BCUT2D eigenvalue weighted by Gasteiger charge is 2.36. The minimum absolute atomic E-state index is 0.0436. The molecule has 172 valence electrons. The van der Waals surface area contributed by atoms with Crippen LogP contribution in [0.3, 0.4) is 0 Å². The number of rotatable bonds is 5. The molecular formula is C22H13ClN2O8S. The van der Waals surface area contributed by atoms with Gasteiger partial charge in [0.2, 0.25) is 6.79 Å². The number of phenols is 1. The first-order valence-corrected chi connectivity index (χ1v) is 10.9. The first-order chi connectivity index (χ1) is 16.3. The molecule has 1 fully saturated rings. The second kappa shape index (κ2) is 8.43. The lowest BCUT2D eigenvalue weighted by Crippen LogP contribution is -2.27. The van der Waals surface area contributed by atoms with E-state index in [1.54, 1.807) is 24.3 Å². The Bertz CT molecular complexity index is 1400. The number of fused-ring (bicyclic) bond motifs is 1. The van der Waals surface area contributed by atoms with Gasteiger partial charge in [0.1, 0.15) is 11.5 Å². The number of thioether (sulfide) groups is 1. The number of benzene rings is 2. The topological polar surface area (TPSA) is 132 Å². The number of carbonyl (C=O) groups is 2. The van der Waals surface area contributed by atoms with Gasteiger partial charge >= 0.3 is 5.69 Å². The molecule has 10 nitrogen and oxygen atoms in total. The quantitative estimate of drug-likeness (QED) is 0.286. The van der Waals surface area contributed by atoms with Crippen LogP contribution in [0.25, 0.3) is 17.4 Å². The maximum absolute atomic E-state index is 12.9. The van der Waals surface area contributed by atoms with E-state index in [-0.39, 0.29) is 24.0 Å². The van der Waals surface area contributed by atoms with Gasteiger partial charge in [-0.05, 0) is 47.7 Å². The number of amides is 2. The van der Waals surface area contributed by atoms with E-state index in [4.69, 9.17) is 25.5 Å². The van der Waals surface area contributed by atoms with Crippen LogP contribution in [0, 0.1) is 10.1 Å². The number of hydrogen-bond donors (Lipinski definition) is 1. The number of hydrogen-bond acceptors (Lipinski definition) is 9. The molecule has 2 aromatic carbocycles. The Labute approximate surface area is 200 Å². The van der Waals surface area contributed by atoms with Crippen molar-refractivity contribution < 1.29 is 33.5 Å². The molecule has 2 aliphatic heterocycles. The molecule has 0 bridgehead atoms. The SMILES string of the molecule is O=C1SC(=Cc2ccc(-c3ccc(O)c([N+](=O)[O-])c3)o2)C(=O)N1Cc1cc2c(cc1Cl)OCO2. The van der Waals surface area contributed by atoms with Crippen molar-refractivity contribution in [3.05, 3.63) is 73.8 Å². The number of carbonyl (C=O) groups excluding carboxylic acids is 2. The number of phenolic OH excluding ortho intramolecular Hbond substituents is 1. The molecule has 0 aliphatic carbocycles. The third-order valence-electron chi connectivity index (χ3n) is 5.10. The average molecular weight is 501 g/mol. The molecule has 1 N–H and O–H groups in total. The summed E-state index contributed by atoms with van der Waals surface area (Å²) in [6.07, 6.45) is 1.42. The van der Waals surface area contributed by atoms with Crippen LogP contribution in [0.2, 0.25) is 5.02 Å². The fourth-order valence-electron chi connectivity index (χ4n) is 3.42. The lowest BCUT2D eigenvalue weighted by molar-refractivity contribution is -0.385. The monoisotopic (exact) mass is 500 g/mol. The van der Waals surface area contributed by atoms with E-state index in [9.17, 15) is 24.8 Å². The number of furan rings is 1. The highest BCUT2D eigenvalue weighted by atomic mass is 35.5. The smallest absolute Gasteiger partial charge is 0.311 e. The summed E-state index contributed by atoms with van der Waals surface area (Å²) in [6.45, 7) is 0.0279. The summed E-state index contributed by atoms with van der Waals surface area (Å²) >= 11 is 7.03. The maximum Gasteiger partial charge on any atom is 0.311 e. The van der Waals surface area contributed by atoms with Crippen molar-refractivity contribution in [3.63, 3.8) is 0 Å². The highest BCUT2D eigenvalue weighted by Crippen LogP contribution is 2.40. The van der Waals surface area contributed by atoms with Crippen molar-refractivity contribution in [1.82, 2.24) is 4.90 Å². The Kier molecular flexibility index (Phi) is 5.42. The van der Waals surface area contributed by atoms with Gasteiger partial charge in [-0.2, -0.15) is 0 Å². The number of nitro benzene ring substituents is 1. The summed E-state index contributed by atoms with van der Waals surface area (Å²) in [4.78, 5) is 36.9. The van der Waals surface area contributed by atoms with Crippen LogP contribution in [-0.2, 0) is 11.3 Å². The van der Waals surface area contributed by atoms with E-state index in [1.807, 2.05) is 0 Å². The van der Waals surface area contributed by atoms with Crippen molar-refractivity contribution in [1.29, 1.82) is 0 Å². The molecule has 2 amide bonds. The Balaban J connectivity index is 1.36. The van der Waals surface area contributed by atoms with Gasteiger partial charge in [0, 0.05) is 28.8 Å². The van der Waals surface area contributed by atoms with Crippen LogP contribution < -0.4 is 9.47 Å². The van der Waals surface area contributed by atoms with Crippen molar-refractivity contribution in [2.24, 2.45) is 0 Å². The lowest BCUT2D eigenvalue weighted by Gasteiger charge is -2.14. The molecule has 1 aromatic heterocycles. The molecule has 2 aliphatic rings. The van der Waals surface area contributed by atoms with E-state index in [1.165, 1.54) is 24.3 Å². The number of nitrogens with zero attached hydrogens (tertiary/aromatic N) is 2. The Morgan fingerprint density at radius 3 is 2.68 bits per heavy atom. The number of imide groups is 1. The van der Waals surface area contributed by atoms with Crippen molar-refractivity contribution in [2.75, 3.05) is 6.79 Å². The Hall–Kier alpha value is -3.96. The van der Waals surface area contributed by atoms with Crippen LogP contribution in [0.15, 0.2) is 51.8 Å². The predicted molar refractivity (Wildman–Crippen MR) is 122 cm³/mol. The molecule has 0 saturated carbocycles. The van der Waals surface area contributed by atoms with Gasteiger partial charge in [0.25, 0.3) is 11.1 Å². The predicted octanol–water partition coefficient (Wildman–Crippen LogP) is 5.18. The summed E-state index contributed by atoms with van der Waals surface area (Å²) in [7, 11) is 0. The zero-order valence-corrected chi connectivity index (χ0v) is 18.6. The van der Waals surface area contributed by atoms with Crippen molar-refractivity contribution in [3.8, 4) is 28.6 Å². The van der Waals surface area contributed by atoms with Crippen LogP contribution in [-0.4, -0.2) is 32.9 Å². The molecule has 34 heavy (non-hydrogen) atoms. The largest absolute Gasteiger partial charge is 0.502 e. The second-order valence-corrected chi connectivity index (χ2v) is 8.63. The zero-order chi connectivity index (χ0) is 24.0. The highest BCUT2D eigenvalue weighted by molar-refractivity contribution is 8.18. The normalized spacial score (nSPS) is 16.0. The maximum atomic E-state index is 12.9. The first-order valence-electron chi connectivity index (χ1n) is 9.71. The van der Waals surface area contributed by atoms with Crippen LogP contribution in [0.4, 0.5) is 10.5 Å². The molecule has 3 aromatic rings. The third-order valence-corrected chi connectivity index (χ3v) is 6.36. The minimum Gasteiger partial charge on any atom is -0.502 e. The summed E-state index contributed by atoms with van der Waals surface area (Å²) < 4.78 is 16.3. The number of ether oxygens (including phenoxy) is 2. The van der Waals surface area contributed by atoms with E-state index < -0.39 is 27.5 Å². The molecule has 3 heterocycles. The van der Waals surface area contributed by atoms with E-state index >= 15 is 0 Å².